The Kier molecular flexibility index (Phi) is 12.0. The maximum atomic E-state index is 12.4. The van der Waals surface area contributed by atoms with Gasteiger partial charge in [0.25, 0.3) is 0 Å². The van der Waals surface area contributed by atoms with Gasteiger partial charge in [-0.1, -0.05) is 25.5 Å². The molecule has 1 unspecified atom stereocenters. The van der Waals surface area contributed by atoms with Crippen molar-refractivity contribution in [3.8, 4) is 0 Å². The predicted octanol–water partition coefficient (Wildman–Crippen LogP) is 2.62. The normalized spacial score (nSPS) is 17.2. The lowest BCUT2D eigenvalue weighted by Crippen LogP contribution is -2.37. The number of hydrogen-bond donors (Lipinski definition) is 3. The van der Waals surface area contributed by atoms with E-state index in [4.69, 9.17) is 4.74 Å². The molecular weight excluding hydrogens is 491 g/mol. The number of hydrogen-bond acceptors (Lipinski definition) is 4. The molecule has 9 heteroatoms. The molecule has 1 aromatic rings. The average molecular weight is 524 g/mol. The Balaban J connectivity index is 0.00000392. The minimum atomic E-state index is -3.51. The van der Waals surface area contributed by atoms with E-state index >= 15 is 0 Å². The fourth-order valence-corrected chi connectivity index (χ4v) is 3.83. The molecule has 1 saturated heterocycles. The number of nitrogens with zero attached hydrogens (tertiary/aromatic N) is 1. The van der Waals surface area contributed by atoms with Crippen LogP contribution in [0.15, 0.2) is 34.2 Å². The van der Waals surface area contributed by atoms with Gasteiger partial charge in [0.15, 0.2) is 5.96 Å². The van der Waals surface area contributed by atoms with E-state index in [0.717, 1.165) is 50.3 Å². The number of ether oxygens (including phenoxy) is 1. The van der Waals surface area contributed by atoms with Crippen LogP contribution in [0.4, 0.5) is 0 Å². The van der Waals surface area contributed by atoms with Crippen LogP contribution in [-0.4, -0.2) is 46.7 Å². The van der Waals surface area contributed by atoms with E-state index in [2.05, 4.69) is 27.3 Å². The first-order valence-electron chi connectivity index (χ1n) is 9.77. The Hall–Kier alpha value is -0.910. The number of aliphatic imine (C=N–C) groups is 1. The van der Waals surface area contributed by atoms with Crippen molar-refractivity contribution in [2.75, 3.05) is 26.2 Å². The van der Waals surface area contributed by atoms with Crippen molar-refractivity contribution in [2.45, 2.75) is 57.1 Å². The Morgan fingerprint density at radius 3 is 2.57 bits per heavy atom. The molecule has 2 rings (SSSR count). The summed E-state index contributed by atoms with van der Waals surface area (Å²) in [4.78, 5) is 4.81. The molecule has 0 aliphatic carbocycles. The molecule has 1 fully saturated rings. The largest absolute Gasteiger partial charge is 0.377 e. The quantitative estimate of drug-likeness (QED) is 0.190. The van der Waals surface area contributed by atoms with Crippen LogP contribution in [0.3, 0.4) is 0 Å². The summed E-state index contributed by atoms with van der Waals surface area (Å²) in [6.45, 7) is 7.39. The zero-order chi connectivity index (χ0) is 19.5. The minimum Gasteiger partial charge on any atom is -0.377 e. The fourth-order valence-electron chi connectivity index (χ4n) is 2.76. The molecule has 1 aliphatic heterocycles. The number of nitrogens with one attached hydrogen (secondary N) is 3. The first-order chi connectivity index (χ1) is 13.0. The number of unbranched alkanes of at least 4 members (excludes halogenated alkanes) is 1. The second kappa shape index (κ2) is 13.3. The highest BCUT2D eigenvalue weighted by atomic mass is 127. The first kappa shape index (κ1) is 25.1. The molecule has 7 nitrogen and oxygen atoms in total. The average Bonchev–Trinajstić information content (AvgIpc) is 3.19. The van der Waals surface area contributed by atoms with Gasteiger partial charge < -0.3 is 15.4 Å². The summed E-state index contributed by atoms with van der Waals surface area (Å²) in [5, 5.41) is 6.50. The number of halogens is 1. The highest BCUT2D eigenvalue weighted by Gasteiger charge is 2.20. The Bertz CT molecular complexity index is 690. The monoisotopic (exact) mass is 524 g/mol. The van der Waals surface area contributed by atoms with Gasteiger partial charge in [0.05, 0.1) is 17.5 Å². The standard InChI is InChI=1S/C19H32N4O3S.HI/c1-3-5-12-21-19(20-4-2)22-14-16-8-10-18(11-9-16)27(24,25)23-15-17-7-6-13-26-17;/h8-11,17,23H,3-7,12-15H2,1-2H3,(H2,20,21,22);1H. The van der Waals surface area contributed by atoms with Crippen LogP contribution in [-0.2, 0) is 21.3 Å². The van der Waals surface area contributed by atoms with E-state index in [0.29, 0.717) is 19.7 Å². The van der Waals surface area contributed by atoms with Crippen molar-refractivity contribution in [3.63, 3.8) is 0 Å². The first-order valence-corrected chi connectivity index (χ1v) is 11.3. The molecule has 28 heavy (non-hydrogen) atoms. The fraction of sp³-hybridized carbons (Fsp3) is 0.632. The Morgan fingerprint density at radius 1 is 1.21 bits per heavy atom. The molecule has 0 saturated carbocycles. The Labute approximate surface area is 186 Å². The topological polar surface area (TPSA) is 91.8 Å². The van der Waals surface area contributed by atoms with Crippen molar-refractivity contribution >= 4 is 40.0 Å². The van der Waals surface area contributed by atoms with Gasteiger partial charge in [-0.25, -0.2) is 18.1 Å². The summed E-state index contributed by atoms with van der Waals surface area (Å²) in [6, 6.07) is 6.86. The molecule has 1 aliphatic rings. The molecule has 0 spiro atoms. The highest BCUT2D eigenvalue weighted by Crippen LogP contribution is 2.14. The maximum absolute atomic E-state index is 12.4. The molecule has 0 radical (unpaired) electrons. The van der Waals surface area contributed by atoms with Gasteiger partial charge in [0, 0.05) is 26.2 Å². The third kappa shape index (κ3) is 8.62. The molecule has 0 aromatic heterocycles. The number of rotatable bonds is 10. The smallest absolute Gasteiger partial charge is 0.240 e. The van der Waals surface area contributed by atoms with E-state index in [1.807, 2.05) is 6.92 Å². The number of sulfonamides is 1. The molecule has 3 N–H and O–H groups in total. The third-order valence-electron chi connectivity index (χ3n) is 4.35. The second-order valence-corrected chi connectivity index (χ2v) is 8.37. The van der Waals surface area contributed by atoms with Crippen LogP contribution < -0.4 is 15.4 Å². The second-order valence-electron chi connectivity index (χ2n) is 6.61. The van der Waals surface area contributed by atoms with E-state index in [1.54, 1.807) is 24.3 Å². The van der Waals surface area contributed by atoms with Gasteiger partial charge >= 0.3 is 0 Å². The summed E-state index contributed by atoms with van der Waals surface area (Å²) in [7, 11) is -3.51. The lowest BCUT2D eigenvalue weighted by atomic mass is 10.2. The van der Waals surface area contributed by atoms with Gasteiger partial charge in [-0.3, -0.25) is 0 Å². The molecule has 160 valence electrons. The van der Waals surface area contributed by atoms with E-state index in [-0.39, 0.29) is 35.0 Å². The molecule has 0 amide bonds. The van der Waals surface area contributed by atoms with Crippen LogP contribution in [0.1, 0.15) is 45.1 Å². The van der Waals surface area contributed by atoms with Crippen LogP contribution in [0.5, 0.6) is 0 Å². The molecule has 0 bridgehead atoms. The van der Waals surface area contributed by atoms with Gasteiger partial charge in [-0.05, 0) is 43.9 Å². The van der Waals surface area contributed by atoms with Crippen molar-refractivity contribution < 1.29 is 13.2 Å². The third-order valence-corrected chi connectivity index (χ3v) is 5.78. The zero-order valence-corrected chi connectivity index (χ0v) is 19.9. The number of benzene rings is 1. The van der Waals surface area contributed by atoms with Crippen LogP contribution >= 0.6 is 24.0 Å². The number of guanidine groups is 1. The van der Waals surface area contributed by atoms with E-state index in [1.165, 1.54) is 0 Å². The zero-order valence-electron chi connectivity index (χ0n) is 16.7. The lowest BCUT2D eigenvalue weighted by molar-refractivity contribution is 0.114. The van der Waals surface area contributed by atoms with Gasteiger partial charge in [0.1, 0.15) is 0 Å². The van der Waals surface area contributed by atoms with Crippen molar-refractivity contribution in [3.05, 3.63) is 29.8 Å². The van der Waals surface area contributed by atoms with Crippen molar-refractivity contribution in [1.82, 2.24) is 15.4 Å². The molecular formula is C19H33IN4O3S. The maximum Gasteiger partial charge on any atom is 0.240 e. The molecule has 1 atom stereocenters. The SMILES string of the molecule is CCCCNC(=NCc1ccc(S(=O)(=O)NCC2CCCO2)cc1)NCC.I. The van der Waals surface area contributed by atoms with Gasteiger partial charge in [-0.15, -0.1) is 24.0 Å². The van der Waals surface area contributed by atoms with Gasteiger partial charge in [0.2, 0.25) is 10.0 Å². The molecule has 1 aromatic carbocycles. The van der Waals surface area contributed by atoms with Crippen molar-refractivity contribution in [2.24, 2.45) is 4.99 Å². The van der Waals surface area contributed by atoms with Crippen LogP contribution in [0, 0.1) is 0 Å². The minimum absolute atomic E-state index is 0. The Morgan fingerprint density at radius 2 is 1.96 bits per heavy atom. The summed E-state index contributed by atoms with van der Waals surface area (Å²) < 4.78 is 32.9. The summed E-state index contributed by atoms with van der Waals surface area (Å²) in [5.41, 5.74) is 0.959. The van der Waals surface area contributed by atoms with Gasteiger partial charge in [-0.2, -0.15) is 0 Å². The van der Waals surface area contributed by atoms with Crippen molar-refractivity contribution in [1.29, 1.82) is 0 Å². The van der Waals surface area contributed by atoms with Crippen LogP contribution in [0.2, 0.25) is 0 Å². The van der Waals surface area contributed by atoms with Crippen LogP contribution in [0.25, 0.3) is 0 Å². The summed E-state index contributed by atoms with van der Waals surface area (Å²) >= 11 is 0. The molecule has 1 heterocycles. The summed E-state index contributed by atoms with van der Waals surface area (Å²) in [6.07, 6.45) is 4.10. The summed E-state index contributed by atoms with van der Waals surface area (Å²) in [5.74, 6) is 0.779. The van der Waals surface area contributed by atoms with E-state index < -0.39 is 10.0 Å². The highest BCUT2D eigenvalue weighted by molar-refractivity contribution is 14.0. The van der Waals surface area contributed by atoms with E-state index in [9.17, 15) is 8.42 Å². The predicted molar refractivity (Wildman–Crippen MR) is 124 cm³/mol. The lowest BCUT2D eigenvalue weighted by Gasteiger charge is -2.12.